The third kappa shape index (κ3) is 2.75. The van der Waals surface area contributed by atoms with E-state index in [9.17, 15) is 9.90 Å². The lowest BCUT2D eigenvalue weighted by atomic mass is 9.83. The lowest BCUT2D eigenvalue weighted by Crippen LogP contribution is -2.56. The molecule has 2 aliphatic rings. The van der Waals surface area contributed by atoms with Crippen LogP contribution in [0.25, 0.3) is 0 Å². The Morgan fingerprint density at radius 1 is 1.29 bits per heavy atom. The molecule has 7 nitrogen and oxygen atoms in total. The maximum atomic E-state index is 12.4. The minimum absolute atomic E-state index is 0.120. The Balaban J connectivity index is 1.41. The number of rotatable bonds is 4. The molecule has 0 radical (unpaired) electrons. The van der Waals surface area contributed by atoms with Crippen LogP contribution in [0, 0.1) is 0 Å². The van der Waals surface area contributed by atoms with Gasteiger partial charge in [0.25, 0.3) is 5.91 Å². The first-order chi connectivity index (χ1) is 11.7. The summed E-state index contributed by atoms with van der Waals surface area (Å²) in [6, 6.07) is 5.20. The van der Waals surface area contributed by atoms with Gasteiger partial charge in [0, 0.05) is 31.7 Å². The van der Waals surface area contributed by atoms with Crippen LogP contribution in [0.3, 0.4) is 0 Å². The summed E-state index contributed by atoms with van der Waals surface area (Å²) in [5.74, 6) is 0.766. The van der Waals surface area contributed by atoms with Gasteiger partial charge < -0.3 is 15.3 Å². The smallest absolute Gasteiger partial charge is 0.253 e. The summed E-state index contributed by atoms with van der Waals surface area (Å²) >= 11 is 0. The monoisotopic (exact) mass is 327 g/mol. The summed E-state index contributed by atoms with van der Waals surface area (Å²) in [5, 5.41) is 17.1. The highest BCUT2D eigenvalue weighted by Gasteiger charge is 2.42. The van der Waals surface area contributed by atoms with Crippen molar-refractivity contribution in [3.63, 3.8) is 0 Å². The third-order valence-electron chi connectivity index (χ3n) is 4.89. The van der Waals surface area contributed by atoms with Gasteiger partial charge in [0.15, 0.2) is 0 Å². The van der Waals surface area contributed by atoms with Gasteiger partial charge in [0.05, 0.1) is 23.8 Å². The number of anilines is 1. The Hall–Kier alpha value is -2.41. The number of pyridine rings is 1. The molecule has 0 unspecified atom stereocenters. The van der Waals surface area contributed by atoms with Crippen LogP contribution in [0.1, 0.15) is 35.7 Å². The Labute approximate surface area is 140 Å². The number of hydrogen-bond acceptors (Lipinski definition) is 5. The van der Waals surface area contributed by atoms with Gasteiger partial charge in [-0.25, -0.2) is 4.98 Å². The van der Waals surface area contributed by atoms with E-state index in [1.54, 1.807) is 23.3 Å². The van der Waals surface area contributed by atoms with Gasteiger partial charge >= 0.3 is 0 Å². The van der Waals surface area contributed by atoms with Crippen LogP contribution in [0.4, 0.5) is 5.82 Å². The van der Waals surface area contributed by atoms with Crippen LogP contribution in [-0.2, 0) is 0 Å². The maximum Gasteiger partial charge on any atom is 0.253 e. The van der Waals surface area contributed by atoms with Gasteiger partial charge in [-0.15, -0.1) is 0 Å². The van der Waals surface area contributed by atoms with Gasteiger partial charge in [-0.1, -0.05) is 0 Å². The van der Waals surface area contributed by atoms with Gasteiger partial charge in [0.2, 0.25) is 0 Å². The molecule has 2 N–H and O–H groups in total. The fourth-order valence-corrected chi connectivity index (χ4v) is 3.48. The summed E-state index contributed by atoms with van der Waals surface area (Å²) < 4.78 is 1.70. The van der Waals surface area contributed by atoms with Gasteiger partial charge in [-0.2, -0.15) is 5.10 Å². The lowest BCUT2D eigenvalue weighted by molar-refractivity contribution is -0.00588. The Kier molecular flexibility index (Phi) is 3.93. The van der Waals surface area contributed by atoms with Gasteiger partial charge in [-0.3, -0.25) is 9.48 Å². The van der Waals surface area contributed by atoms with Crippen molar-refractivity contribution in [3.8, 4) is 0 Å². The molecule has 3 atom stereocenters. The highest BCUT2D eigenvalue weighted by molar-refractivity contribution is 5.94. The molecule has 4 rings (SSSR count). The van der Waals surface area contributed by atoms with E-state index in [4.69, 9.17) is 0 Å². The van der Waals surface area contributed by atoms with Crippen molar-refractivity contribution in [1.29, 1.82) is 0 Å². The number of aliphatic hydroxyl groups is 1. The molecule has 2 aromatic heterocycles. The molecule has 1 saturated heterocycles. The highest BCUT2D eigenvalue weighted by Crippen LogP contribution is 2.32. The first kappa shape index (κ1) is 15.1. The molecule has 0 aromatic carbocycles. The molecular weight excluding hydrogens is 306 g/mol. The predicted octanol–water partition coefficient (Wildman–Crippen LogP) is 0.983. The first-order valence-corrected chi connectivity index (χ1v) is 8.41. The van der Waals surface area contributed by atoms with Crippen LogP contribution in [0.15, 0.2) is 36.8 Å². The average Bonchev–Trinajstić information content (AvgIpc) is 3.28. The van der Waals surface area contributed by atoms with Crippen molar-refractivity contribution in [1.82, 2.24) is 20.1 Å². The van der Waals surface area contributed by atoms with Crippen molar-refractivity contribution < 1.29 is 9.90 Å². The van der Waals surface area contributed by atoms with E-state index in [1.807, 2.05) is 18.2 Å². The van der Waals surface area contributed by atoms with E-state index in [-0.39, 0.29) is 18.0 Å². The molecule has 3 heterocycles. The number of carbonyl (C=O) groups is 1. The number of carbonyl (C=O) groups excluding carboxylic acids is 1. The summed E-state index contributed by atoms with van der Waals surface area (Å²) in [7, 11) is 0. The number of amides is 1. The van der Waals surface area contributed by atoms with Crippen LogP contribution in [0.2, 0.25) is 0 Å². The second kappa shape index (κ2) is 6.24. The van der Waals surface area contributed by atoms with Crippen molar-refractivity contribution in [2.45, 2.75) is 37.5 Å². The molecule has 1 amide bonds. The predicted molar refractivity (Wildman–Crippen MR) is 88.8 cm³/mol. The maximum absolute atomic E-state index is 12.4. The van der Waals surface area contributed by atoms with Crippen molar-refractivity contribution >= 4 is 11.7 Å². The summed E-state index contributed by atoms with van der Waals surface area (Å²) in [4.78, 5) is 19.1. The number of aromatic nitrogens is 3. The molecular formula is C17H21N5O2. The second-order valence-electron chi connectivity index (χ2n) is 6.46. The van der Waals surface area contributed by atoms with E-state index in [2.05, 4.69) is 20.3 Å². The first-order valence-electron chi connectivity index (χ1n) is 8.41. The molecule has 24 heavy (non-hydrogen) atoms. The summed E-state index contributed by atoms with van der Waals surface area (Å²) in [6.45, 7) is 2.06. The summed E-state index contributed by atoms with van der Waals surface area (Å²) in [5.41, 5.74) is 0.540. The molecule has 1 saturated carbocycles. The van der Waals surface area contributed by atoms with E-state index >= 15 is 0 Å². The second-order valence-corrected chi connectivity index (χ2v) is 6.46. The molecule has 1 aliphatic carbocycles. The van der Waals surface area contributed by atoms with Gasteiger partial charge in [0.1, 0.15) is 5.82 Å². The van der Waals surface area contributed by atoms with Crippen molar-refractivity contribution in [3.05, 3.63) is 42.4 Å². The highest BCUT2D eigenvalue weighted by atomic mass is 16.3. The molecule has 126 valence electrons. The largest absolute Gasteiger partial charge is 0.391 e. The van der Waals surface area contributed by atoms with Crippen LogP contribution in [0.5, 0.6) is 0 Å². The van der Waals surface area contributed by atoms with E-state index in [0.717, 1.165) is 18.9 Å². The Morgan fingerprint density at radius 2 is 2.12 bits per heavy atom. The zero-order chi connectivity index (χ0) is 16.5. The Morgan fingerprint density at radius 3 is 2.75 bits per heavy atom. The van der Waals surface area contributed by atoms with E-state index in [0.29, 0.717) is 12.0 Å². The molecule has 2 aromatic rings. The molecule has 1 aliphatic heterocycles. The number of aliphatic hydroxyl groups excluding tert-OH is 1. The number of nitrogens with zero attached hydrogens (tertiary/aromatic N) is 4. The Bertz CT molecular complexity index is 694. The fraction of sp³-hybridized carbons (Fsp3) is 0.471. The number of hydrogen-bond donors (Lipinski definition) is 2. The van der Waals surface area contributed by atoms with Crippen LogP contribution in [-0.4, -0.2) is 51.0 Å². The zero-order valence-electron chi connectivity index (χ0n) is 13.4. The van der Waals surface area contributed by atoms with Crippen LogP contribution >= 0.6 is 0 Å². The van der Waals surface area contributed by atoms with E-state index < -0.39 is 6.10 Å². The number of nitrogens with one attached hydrogen (secondary N) is 1. The molecule has 0 spiro atoms. The topological polar surface area (TPSA) is 83.3 Å². The standard InChI is InChI=1S/C17H21N5O2/c23-14-10-13(16(14)22-9-3-6-19-22)20-17(24)12-4-5-15(18-11-12)21-7-1-2-8-21/h3-6,9,11,13-14,16,23H,1-2,7-8,10H2,(H,20,24)/t13-,14+,16+/m0/s1. The van der Waals surface area contributed by atoms with Crippen LogP contribution < -0.4 is 10.2 Å². The molecule has 0 bridgehead atoms. The zero-order valence-corrected chi connectivity index (χ0v) is 13.4. The average molecular weight is 327 g/mol. The lowest BCUT2D eigenvalue weighted by Gasteiger charge is -2.41. The minimum atomic E-state index is -0.481. The van der Waals surface area contributed by atoms with Crippen molar-refractivity contribution in [2.75, 3.05) is 18.0 Å². The fourth-order valence-electron chi connectivity index (χ4n) is 3.48. The van der Waals surface area contributed by atoms with Crippen molar-refractivity contribution in [2.24, 2.45) is 0 Å². The quantitative estimate of drug-likeness (QED) is 0.875. The minimum Gasteiger partial charge on any atom is -0.391 e. The van der Waals surface area contributed by atoms with E-state index in [1.165, 1.54) is 12.8 Å². The summed E-state index contributed by atoms with van der Waals surface area (Å²) in [6.07, 6.45) is 7.55. The SMILES string of the molecule is O=C(N[C@H]1C[C@@H](O)[C@@H]1n1cccn1)c1ccc(N2CCCC2)nc1. The van der Waals surface area contributed by atoms with Gasteiger partial charge in [-0.05, 0) is 37.5 Å². The normalized spacial score (nSPS) is 26.2. The third-order valence-corrected chi connectivity index (χ3v) is 4.89. The molecule has 7 heteroatoms. The molecule has 2 fully saturated rings.